The van der Waals surface area contributed by atoms with E-state index < -0.39 is 0 Å². The van der Waals surface area contributed by atoms with E-state index in [0.29, 0.717) is 24.7 Å². The Morgan fingerprint density at radius 3 is 1.19 bits per heavy atom. The highest BCUT2D eigenvalue weighted by molar-refractivity contribution is 5.88. The minimum absolute atomic E-state index is 0.0199. The number of hydrogen-bond donors (Lipinski definition) is 0. The van der Waals surface area contributed by atoms with Crippen LogP contribution in [0.4, 0.5) is 0 Å². The lowest BCUT2D eigenvalue weighted by molar-refractivity contribution is -0.148. The third kappa shape index (κ3) is 3.37. The van der Waals surface area contributed by atoms with Gasteiger partial charge in [0.2, 0.25) is 0 Å². The number of Topliss-reactive ketones (excluding diaryl/α,β-unsaturated/α-hetero) is 2. The molecule has 0 radical (unpaired) electrons. The molecule has 4 heteroatoms. The fourth-order valence-corrected chi connectivity index (χ4v) is 10.8. The van der Waals surface area contributed by atoms with Crippen molar-refractivity contribution in [2.75, 3.05) is 32.8 Å². The highest BCUT2D eigenvalue weighted by Crippen LogP contribution is 2.61. The van der Waals surface area contributed by atoms with Gasteiger partial charge in [-0.05, 0) is 119 Å². The van der Waals surface area contributed by atoms with Crippen LogP contribution in [-0.4, -0.2) is 54.2 Å². The van der Waals surface area contributed by atoms with Gasteiger partial charge in [0.15, 0.2) is 11.6 Å². The molecular formula is C28H42N2O2. The maximum Gasteiger partial charge on any atom is 0.153 e. The molecular weight excluding hydrogens is 396 g/mol. The molecule has 4 nitrogen and oxygen atoms in total. The second-order valence-corrected chi connectivity index (χ2v) is 13.8. The normalized spacial score (nSPS) is 49.6. The van der Waals surface area contributed by atoms with Crippen LogP contribution in [0.25, 0.3) is 0 Å². The topological polar surface area (TPSA) is 40.6 Å². The fraction of sp³-hybridized carbons (Fsp3) is 0.929. The Hall–Kier alpha value is -0.740. The molecule has 32 heavy (non-hydrogen) atoms. The molecule has 8 saturated carbocycles. The van der Waals surface area contributed by atoms with Crippen LogP contribution in [0.2, 0.25) is 0 Å². The molecule has 0 aromatic rings. The molecule has 0 aromatic carbocycles. The number of carbonyl (C=O) groups excluding carboxylic acids is 2. The summed E-state index contributed by atoms with van der Waals surface area (Å²) < 4.78 is 0. The number of ketones is 2. The van der Waals surface area contributed by atoms with Gasteiger partial charge in [0, 0.05) is 23.9 Å². The first-order valence-corrected chi connectivity index (χ1v) is 14.0. The van der Waals surface area contributed by atoms with Crippen LogP contribution in [0.1, 0.15) is 83.5 Å². The van der Waals surface area contributed by atoms with Crippen LogP contribution in [0.15, 0.2) is 0 Å². The third-order valence-corrected chi connectivity index (χ3v) is 11.3. The molecule has 8 bridgehead atoms. The SMILES string of the molecule is O=C(CN1CCCN(CC(=O)C23CC4CC(CC(C4)C2)C3)C1)C12CC3CC(CC(C3)C1)C2. The number of rotatable bonds is 6. The van der Waals surface area contributed by atoms with Gasteiger partial charge in [-0.25, -0.2) is 0 Å². The summed E-state index contributed by atoms with van der Waals surface area (Å²) in [6.07, 6.45) is 16.6. The van der Waals surface area contributed by atoms with Gasteiger partial charge in [-0.2, -0.15) is 0 Å². The van der Waals surface area contributed by atoms with Crippen LogP contribution in [0.5, 0.6) is 0 Å². The average molecular weight is 439 g/mol. The van der Waals surface area contributed by atoms with E-state index in [1.165, 1.54) is 77.0 Å². The number of carbonyl (C=O) groups is 2. The summed E-state index contributed by atoms with van der Waals surface area (Å²) in [5.74, 6) is 6.10. The van der Waals surface area contributed by atoms with Crippen molar-refractivity contribution in [2.24, 2.45) is 46.3 Å². The maximum atomic E-state index is 13.6. The Bertz CT molecular complexity index is 669. The molecule has 0 atom stereocenters. The van der Waals surface area contributed by atoms with Gasteiger partial charge in [0.25, 0.3) is 0 Å². The Morgan fingerprint density at radius 1 is 0.562 bits per heavy atom. The second kappa shape index (κ2) is 7.38. The molecule has 0 unspecified atom stereocenters. The number of nitrogens with zero attached hydrogens (tertiary/aromatic N) is 2. The molecule has 1 saturated heterocycles. The first-order valence-electron chi connectivity index (χ1n) is 14.0. The van der Waals surface area contributed by atoms with E-state index in [2.05, 4.69) is 9.80 Å². The van der Waals surface area contributed by atoms with Gasteiger partial charge < -0.3 is 0 Å². The van der Waals surface area contributed by atoms with Gasteiger partial charge >= 0.3 is 0 Å². The summed E-state index contributed by atoms with van der Waals surface area (Å²) in [6, 6.07) is 0. The van der Waals surface area contributed by atoms with Crippen LogP contribution in [-0.2, 0) is 9.59 Å². The zero-order chi connectivity index (χ0) is 21.5. The van der Waals surface area contributed by atoms with Crippen molar-refractivity contribution < 1.29 is 9.59 Å². The molecule has 0 aromatic heterocycles. The zero-order valence-corrected chi connectivity index (χ0v) is 19.9. The Kier molecular flexibility index (Phi) is 4.75. The average Bonchev–Trinajstić information content (AvgIpc) is 2.72. The lowest BCUT2D eigenvalue weighted by atomic mass is 9.48. The van der Waals surface area contributed by atoms with Crippen LogP contribution < -0.4 is 0 Å². The smallest absolute Gasteiger partial charge is 0.153 e. The van der Waals surface area contributed by atoms with Crippen molar-refractivity contribution in [1.29, 1.82) is 0 Å². The first kappa shape index (κ1) is 20.6. The van der Waals surface area contributed by atoms with Crippen molar-refractivity contribution in [3.63, 3.8) is 0 Å². The summed E-state index contributed by atoms with van der Waals surface area (Å²) >= 11 is 0. The lowest BCUT2D eigenvalue weighted by Crippen LogP contribution is -2.56. The van der Waals surface area contributed by atoms with E-state index in [9.17, 15) is 9.59 Å². The van der Waals surface area contributed by atoms with E-state index in [1.807, 2.05) is 0 Å². The quantitative estimate of drug-likeness (QED) is 0.611. The zero-order valence-electron chi connectivity index (χ0n) is 19.9. The molecule has 0 amide bonds. The summed E-state index contributed by atoms with van der Waals surface area (Å²) in [5, 5.41) is 0. The Morgan fingerprint density at radius 2 is 0.875 bits per heavy atom. The summed E-state index contributed by atoms with van der Waals surface area (Å²) in [7, 11) is 0. The summed E-state index contributed by atoms with van der Waals surface area (Å²) in [5.41, 5.74) is 0.0398. The Labute approximate surface area is 193 Å². The van der Waals surface area contributed by atoms with Crippen LogP contribution in [0, 0.1) is 46.3 Å². The van der Waals surface area contributed by atoms with Crippen LogP contribution in [0.3, 0.4) is 0 Å². The molecule has 1 aliphatic heterocycles. The predicted molar refractivity (Wildman–Crippen MR) is 124 cm³/mol. The van der Waals surface area contributed by atoms with Crippen molar-refractivity contribution in [1.82, 2.24) is 9.80 Å². The second-order valence-electron chi connectivity index (χ2n) is 13.8. The highest BCUT2D eigenvalue weighted by atomic mass is 16.1. The molecule has 9 aliphatic rings. The van der Waals surface area contributed by atoms with E-state index in [0.717, 1.165) is 61.7 Å². The molecule has 9 rings (SSSR count). The molecule has 8 aliphatic carbocycles. The van der Waals surface area contributed by atoms with Gasteiger partial charge in [-0.1, -0.05) is 0 Å². The largest absolute Gasteiger partial charge is 0.298 e. The van der Waals surface area contributed by atoms with Gasteiger partial charge in [0.05, 0.1) is 19.8 Å². The molecule has 1 heterocycles. The Balaban J connectivity index is 0.985. The van der Waals surface area contributed by atoms with Crippen molar-refractivity contribution in [2.45, 2.75) is 83.5 Å². The third-order valence-electron chi connectivity index (χ3n) is 11.3. The van der Waals surface area contributed by atoms with E-state index >= 15 is 0 Å². The van der Waals surface area contributed by atoms with Crippen molar-refractivity contribution in [3.05, 3.63) is 0 Å². The molecule has 9 fully saturated rings. The monoisotopic (exact) mass is 438 g/mol. The van der Waals surface area contributed by atoms with E-state index in [4.69, 9.17) is 0 Å². The maximum absolute atomic E-state index is 13.6. The molecule has 0 N–H and O–H groups in total. The summed E-state index contributed by atoms with van der Waals surface area (Å²) in [6.45, 7) is 4.15. The number of hydrogen-bond acceptors (Lipinski definition) is 4. The van der Waals surface area contributed by atoms with Crippen LogP contribution >= 0.6 is 0 Å². The van der Waals surface area contributed by atoms with Gasteiger partial charge in [-0.15, -0.1) is 0 Å². The summed E-state index contributed by atoms with van der Waals surface area (Å²) in [4.78, 5) is 32.0. The van der Waals surface area contributed by atoms with Crippen molar-refractivity contribution >= 4 is 11.6 Å². The predicted octanol–water partition coefficient (Wildman–Crippen LogP) is 4.52. The van der Waals surface area contributed by atoms with E-state index in [-0.39, 0.29) is 10.8 Å². The lowest BCUT2D eigenvalue weighted by Gasteiger charge is -2.56. The minimum atomic E-state index is 0.0199. The van der Waals surface area contributed by atoms with Crippen molar-refractivity contribution in [3.8, 4) is 0 Å². The van der Waals surface area contributed by atoms with E-state index in [1.54, 1.807) is 0 Å². The minimum Gasteiger partial charge on any atom is -0.298 e. The molecule has 0 spiro atoms. The fourth-order valence-electron chi connectivity index (χ4n) is 10.8. The van der Waals surface area contributed by atoms with Gasteiger partial charge in [0.1, 0.15) is 0 Å². The highest BCUT2D eigenvalue weighted by Gasteiger charge is 2.55. The van der Waals surface area contributed by atoms with Gasteiger partial charge in [-0.3, -0.25) is 19.4 Å². The standard InChI is InChI=1S/C28H42N2O2/c31-25(27-10-19-4-20(11-27)6-21(5-19)12-27)16-29-2-1-3-30(18-29)17-26(32)28-13-22-7-23(14-28)9-24(8-22)15-28/h19-24H,1-18H2. The molecule has 176 valence electrons. The first-order chi connectivity index (χ1) is 15.5.